The van der Waals surface area contributed by atoms with E-state index >= 15 is 0 Å². The maximum Gasteiger partial charge on any atom is 0.260 e. The summed E-state index contributed by atoms with van der Waals surface area (Å²) < 4.78 is 5.73. The molecule has 0 aliphatic carbocycles. The third-order valence-corrected chi connectivity index (χ3v) is 7.10. The van der Waals surface area contributed by atoms with Crippen LogP contribution in [0.1, 0.15) is 52.7 Å². The van der Waals surface area contributed by atoms with Crippen LogP contribution < -0.4 is 15.4 Å². The Balaban J connectivity index is 2.04. The van der Waals surface area contributed by atoms with Gasteiger partial charge < -0.3 is 20.3 Å². The molecule has 182 valence electrons. The molecule has 1 aliphatic heterocycles. The molecule has 0 saturated heterocycles. The average Bonchev–Trinajstić information content (AvgIpc) is 2.77. The molecule has 0 bridgehead atoms. The number of nitrogens with two attached hydrogens (primary N) is 1. The fourth-order valence-electron chi connectivity index (χ4n) is 5.65. The number of nitrogens with zero attached hydrogens (tertiary/aromatic N) is 2. The van der Waals surface area contributed by atoms with Crippen LogP contribution in [0, 0.1) is 5.92 Å². The molecule has 2 unspecified atom stereocenters. The van der Waals surface area contributed by atoms with Crippen LogP contribution in [0.3, 0.4) is 0 Å². The zero-order valence-corrected chi connectivity index (χ0v) is 20.9. The highest BCUT2D eigenvalue weighted by Gasteiger charge is 2.57. The van der Waals surface area contributed by atoms with Gasteiger partial charge in [-0.15, -0.1) is 0 Å². The van der Waals surface area contributed by atoms with E-state index < -0.39 is 22.8 Å². The predicted octanol–water partition coefficient (Wildman–Crippen LogP) is 3.49. The molecule has 0 aromatic heterocycles. The number of carbonyl (C=O) groups is 3. The first-order valence-corrected chi connectivity index (χ1v) is 11.7. The summed E-state index contributed by atoms with van der Waals surface area (Å²) in [5, 5.41) is 0. The van der Waals surface area contributed by atoms with Crippen molar-refractivity contribution in [1.82, 2.24) is 4.90 Å². The Morgan fingerprint density at radius 3 is 2.12 bits per heavy atom. The van der Waals surface area contributed by atoms with Gasteiger partial charge in [0.25, 0.3) is 5.91 Å². The zero-order chi connectivity index (χ0) is 25.3. The van der Waals surface area contributed by atoms with E-state index in [0.717, 1.165) is 16.8 Å². The van der Waals surface area contributed by atoms with Crippen molar-refractivity contribution in [1.29, 1.82) is 0 Å². The normalized spacial score (nSPS) is 20.9. The lowest BCUT2D eigenvalue weighted by atomic mass is 9.57. The predicted molar refractivity (Wildman–Crippen MR) is 133 cm³/mol. The molecule has 0 saturated carbocycles. The second-order valence-corrected chi connectivity index (χ2v) is 9.44. The Morgan fingerprint density at radius 1 is 1.00 bits per heavy atom. The molecule has 7 heteroatoms. The van der Waals surface area contributed by atoms with Gasteiger partial charge in [-0.1, -0.05) is 37.3 Å². The van der Waals surface area contributed by atoms with Crippen LogP contribution in [0.2, 0.25) is 0 Å². The number of likely N-dealkylation sites (N-methyl/N-ethyl adjacent to an activating group) is 1. The summed E-state index contributed by atoms with van der Waals surface area (Å²) in [6.45, 7) is 12.4. The van der Waals surface area contributed by atoms with E-state index in [1.165, 1.54) is 6.92 Å². The minimum atomic E-state index is -0.855. The lowest BCUT2D eigenvalue weighted by molar-refractivity contribution is -0.133. The molecule has 1 heterocycles. The largest absolute Gasteiger partial charge is 0.484 e. The van der Waals surface area contributed by atoms with Crippen LogP contribution in [0.25, 0.3) is 0 Å². The van der Waals surface area contributed by atoms with E-state index in [-0.39, 0.29) is 18.4 Å². The number of carbonyl (C=O) groups excluding carboxylic acids is 3. The number of amides is 3. The van der Waals surface area contributed by atoms with E-state index in [0.29, 0.717) is 18.8 Å². The van der Waals surface area contributed by atoms with Gasteiger partial charge in [-0.2, -0.15) is 0 Å². The SMILES string of the molecule is CCN(CC)C(=O)COc1ccc(C2(C)c3ccccc3N(C(C)=O)C(C)(C)C2C(N)=O)cc1. The molecule has 0 radical (unpaired) electrons. The van der Waals surface area contributed by atoms with Crippen LogP contribution in [-0.4, -0.2) is 47.9 Å². The van der Waals surface area contributed by atoms with Crippen LogP contribution in [0.5, 0.6) is 5.75 Å². The number of primary amides is 1. The van der Waals surface area contributed by atoms with Crippen molar-refractivity contribution < 1.29 is 19.1 Å². The monoisotopic (exact) mass is 465 g/mol. The van der Waals surface area contributed by atoms with Gasteiger partial charge in [0.2, 0.25) is 11.8 Å². The minimum absolute atomic E-state index is 0.0361. The third-order valence-electron chi connectivity index (χ3n) is 7.10. The number of fused-ring (bicyclic) bond motifs is 1. The number of rotatable bonds is 7. The van der Waals surface area contributed by atoms with Gasteiger partial charge in [0.05, 0.1) is 11.5 Å². The third kappa shape index (κ3) is 4.15. The molecule has 2 aromatic carbocycles. The fraction of sp³-hybridized carbons (Fsp3) is 0.444. The summed E-state index contributed by atoms with van der Waals surface area (Å²) in [4.78, 5) is 41.3. The second kappa shape index (κ2) is 9.49. The molecule has 34 heavy (non-hydrogen) atoms. The van der Waals surface area contributed by atoms with Crippen molar-refractivity contribution in [2.45, 2.75) is 52.5 Å². The number of ether oxygens (including phenoxy) is 1. The fourth-order valence-corrected chi connectivity index (χ4v) is 5.65. The number of hydrogen-bond acceptors (Lipinski definition) is 4. The first-order valence-electron chi connectivity index (χ1n) is 11.7. The van der Waals surface area contributed by atoms with E-state index in [1.54, 1.807) is 21.9 Å². The minimum Gasteiger partial charge on any atom is -0.484 e. The number of hydrogen-bond donors (Lipinski definition) is 1. The summed E-state index contributed by atoms with van der Waals surface area (Å²) in [5.74, 6) is -0.806. The zero-order valence-electron chi connectivity index (χ0n) is 20.9. The van der Waals surface area contributed by atoms with Crippen molar-refractivity contribution in [2.24, 2.45) is 11.7 Å². The van der Waals surface area contributed by atoms with Gasteiger partial charge in [-0.25, -0.2) is 0 Å². The highest BCUT2D eigenvalue weighted by Crippen LogP contribution is 2.54. The van der Waals surface area contributed by atoms with Gasteiger partial charge in [0.1, 0.15) is 5.75 Å². The van der Waals surface area contributed by atoms with Crippen LogP contribution >= 0.6 is 0 Å². The first-order chi connectivity index (χ1) is 16.0. The maximum atomic E-state index is 12.9. The molecule has 2 atom stereocenters. The van der Waals surface area contributed by atoms with E-state index in [4.69, 9.17) is 10.5 Å². The Bertz CT molecular complexity index is 1080. The number of para-hydroxylation sites is 1. The maximum absolute atomic E-state index is 12.9. The molecule has 0 fully saturated rings. The molecular weight excluding hydrogens is 430 g/mol. The molecule has 0 spiro atoms. The van der Waals surface area contributed by atoms with Crippen LogP contribution in [0.15, 0.2) is 48.5 Å². The van der Waals surface area contributed by atoms with Crippen molar-refractivity contribution in [2.75, 3.05) is 24.6 Å². The Labute approximate surface area is 201 Å². The Kier molecular flexibility index (Phi) is 7.05. The number of benzene rings is 2. The molecule has 3 rings (SSSR count). The summed E-state index contributed by atoms with van der Waals surface area (Å²) in [6, 6.07) is 15.1. The van der Waals surface area contributed by atoms with E-state index in [2.05, 4.69) is 0 Å². The van der Waals surface area contributed by atoms with Crippen molar-refractivity contribution in [3.05, 3.63) is 59.7 Å². The number of anilines is 1. The summed E-state index contributed by atoms with van der Waals surface area (Å²) in [5.41, 5.74) is 6.86. The molecular formula is C27H35N3O4. The summed E-state index contributed by atoms with van der Waals surface area (Å²) in [7, 11) is 0. The lowest BCUT2D eigenvalue weighted by Crippen LogP contribution is -2.65. The highest BCUT2D eigenvalue weighted by atomic mass is 16.5. The van der Waals surface area contributed by atoms with Crippen LogP contribution in [-0.2, 0) is 19.8 Å². The molecule has 1 aliphatic rings. The summed E-state index contributed by atoms with van der Waals surface area (Å²) >= 11 is 0. The second-order valence-electron chi connectivity index (χ2n) is 9.44. The van der Waals surface area contributed by atoms with Gasteiger partial charge >= 0.3 is 0 Å². The van der Waals surface area contributed by atoms with Crippen molar-refractivity contribution in [3.8, 4) is 5.75 Å². The molecule has 7 nitrogen and oxygen atoms in total. The van der Waals surface area contributed by atoms with Crippen molar-refractivity contribution in [3.63, 3.8) is 0 Å². The highest BCUT2D eigenvalue weighted by molar-refractivity contribution is 5.98. The van der Waals surface area contributed by atoms with Gasteiger partial charge in [-0.05, 0) is 57.0 Å². The van der Waals surface area contributed by atoms with E-state index in [9.17, 15) is 14.4 Å². The topological polar surface area (TPSA) is 92.9 Å². The van der Waals surface area contributed by atoms with E-state index in [1.807, 2.05) is 71.0 Å². The van der Waals surface area contributed by atoms with Gasteiger partial charge in [-0.3, -0.25) is 14.4 Å². The first kappa shape index (κ1) is 25.3. The van der Waals surface area contributed by atoms with Gasteiger partial charge in [0, 0.05) is 31.1 Å². The molecule has 3 amide bonds. The average molecular weight is 466 g/mol. The van der Waals surface area contributed by atoms with Gasteiger partial charge in [0.15, 0.2) is 6.61 Å². The molecule has 2 aromatic rings. The quantitative estimate of drug-likeness (QED) is 0.677. The van der Waals surface area contributed by atoms with Crippen molar-refractivity contribution >= 4 is 23.4 Å². The molecule has 2 N–H and O–H groups in total. The lowest BCUT2D eigenvalue weighted by Gasteiger charge is -2.55. The Hall–Kier alpha value is -3.35. The standard InChI is InChI=1S/C27H35N3O4/c1-7-29(8-2)23(32)17-34-20-15-13-19(14-16-20)27(6)21-11-9-10-12-22(21)30(18(3)31)26(4,5)24(27)25(28)33/h9-16,24H,7-8,17H2,1-6H3,(H2,28,33). The summed E-state index contributed by atoms with van der Waals surface area (Å²) in [6.07, 6.45) is 0. The van der Waals surface area contributed by atoms with Crippen LogP contribution in [0.4, 0.5) is 5.69 Å². The Morgan fingerprint density at radius 2 is 1.59 bits per heavy atom. The smallest absolute Gasteiger partial charge is 0.260 e.